The van der Waals surface area contributed by atoms with Gasteiger partial charge in [0.2, 0.25) is 5.91 Å². The Bertz CT molecular complexity index is 1150. The van der Waals surface area contributed by atoms with Crippen molar-refractivity contribution >= 4 is 29.1 Å². The van der Waals surface area contributed by atoms with Gasteiger partial charge < -0.3 is 19.7 Å². The van der Waals surface area contributed by atoms with E-state index in [4.69, 9.17) is 21.1 Å². The van der Waals surface area contributed by atoms with Crippen LogP contribution in [0.3, 0.4) is 0 Å². The third kappa shape index (κ3) is 5.65. The number of nitrogens with one attached hydrogen (secondary N) is 1. The number of halogens is 1. The van der Waals surface area contributed by atoms with Crippen LogP contribution in [-0.2, 0) is 29.1 Å². The number of methoxy groups -OCH3 is 1. The Morgan fingerprint density at radius 2 is 1.79 bits per heavy atom. The van der Waals surface area contributed by atoms with Crippen molar-refractivity contribution in [1.29, 1.82) is 0 Å². The number of anilines is 1. The van der Waals surface area contributed by atoms with Crippen LogP contribution < -0.4 is 14.8 Å². The molecule has 1 N–H and O–H groups in total. The summed E-state index contributed by atoms with van der Waals surface area (Å²) < 4.78 is 11.0. The lowest BCUT2D eigenvalue weighted by Crippen LogP contribution is -2.37. The van der Waals surface area contributed by atoms with E-state index in [2.05, 4.69) is 5.32 Å². The summed E-state index contributed by atoms with van der Waals surface area (Å²) >= 11 is 5.98. The summed E-state index contributed by atoms with van der Waals surface area (Å²) in [5, 5.41) is 3.59. The topological polar surface area (TPSA) is 67.9 Å². The molecule has 0 saturated heterocycles. The van der Waals surface area contributed by atoms with Gasteiger partial charge in [0.25, 0.3) is 5.91 Å². The number of benzene rings is 3. The van der Waals surface area contributed by atoms with E-state index in [-0.39, 0.29) is 18.2 Å². The van der Waals surface area contributed by atoms with Crippen molar-refractivity contribution < 1.29 is 19.1 Å². The van der Waals surface area contributed by atoms with Crippen molar-refractivity contribution in [2.24, 2.45) is 0 Å². The molecule has 0 radical (unpaired) electrons. The van der Waals surface area contributed by atoms with E-state index in [9.17, 15) is 9.59 Å². The van der Waals surface area contributed by atoms with Gasteiger partial charge in [-0.1, -0.05) is 35.9 Å². The fourth-order valence-electron chi connectivity index (χ4n) is 3.76. The van der Waals surface area contributed by atoms with E-state index in [0.29, 0.717) is 29.5 Å². The van der Waals surface area contributed by atoms with E-state index in [1.54, 1.807) is 31.1 Å². The average molecular weight is 465 g/mol. The first-order valence-electron chi connectivity index (χ1n) is 10.7. The molecule has 0 fully saturated rings. The molecule has 1 aliphatic heterocycles. The molecule has 2 amide bonds. The molecule has 0 aliphatic carbocycles. The second kappa shape index (κ2) is 9.96. The SMILES string of the molecule is COc1ccc(CC(=O)Nc2ccc3c(c2)CN(Cc2ccc(Cl)cc2)C(=O)[C@H](C)O3)cc1. The second-order valence-corrected chi connectivity index (χ2v) is 8.41. The molecule has 1 atom stereocenters. The molecule has 1 heterocycles. The number of rotatable bonds is 6. The van der Waals surface area contributed by atoms with Gasteiger partial charge in [0.05, 0.1) is 13.5 Å². The number of carbonyl (C=O) groups excluding carboxylic acids is 2. The van der Waals surface area contributed by atoms with Crippen molar-refractivity contribution in [3.05, 3.63) is 88.4 Å². The molecule has 1 aliphatic rings. The number of nitrogens with zero attached hydrogens (tertiary/aromatic N) is 1. The minimum atomic E-state index is -0.603. The molecule has 170 valence electrons. The molecular formula is C26H25ClN2O4. The van der Waals surface area contributed by atoms with Crippen molar-refractivity contribution in [3.8, 4) is 11.5 Å². The Kier molecular flexibility index (Phi) is 6.84. The highest BCUT2D eigenvalue weighted by Gasteiger charge is 2.28. The maximum atomic E-state index is 12.9. The predicted molar refractivity (Wildman–Crippen MR) is 128 cm³/mol. The number of amides is 2. The Balaban J connectivity index is 1.48. The van der Waals surface area contributed by atoms with Gasteiger partial charge in [0, 0.05) is 29.4 Å². The van der Waals surface area contributed by atoms with Gasteiger partial charge in [-0.25, -0.2) is 0 Å². The fourth-order valence-corrected chi connectivity index (χ4v) is 3.88. The summed E-state index contributed by atoms with van der Waals surface area (Å²) in [4.78, 5) is 27.2. The van der Waals surface area contributed by atoms with Gasteiger partial charge in [-0.05, 0) is 60.5 Å². The van der Waals surface area contributed by atoms with Crippen molar-refractivity contribution in [2.45, 2.75) is 32.5 Å². The molecule has 7 heteroatoms. The van der Waals surface area contributed by atoms with E-state index in [0.717, 1.165) is 22.4 Å². The summed E-state index contributed by atoms with van der Waals surface area (Å²) in [6.45, 7) is 2.57. The van der Waals surface area contributed by atoms with Crippen LogP contribution in [0.25, 0.3) is 0 Å². The van der Waals surface area contributed by atoms with Gasteiger partial charge in [0.15, 0.2) is 6.10 Å². The molecular weight excluding hydrogens is 440 g/mol. The normalized spacial score (nSPS) is 15.3. The first kappa shape index (κ1) is 22.7. The first-order chi connectivity index (χ1) is 15.9. The molecule has 0 saturated carbocycles. The standard InChI is InChI=1S/C26H25ClN2O4/c1-17-26(31)29(15-19-3-7-21(27)8-4-19)16-20-14-22(9-12-24(20)33-17)28-25(30)13-18-5-10-23(32-2)11-6-18/h3-12,14,17H,13,15-16H2,1-2H3,(H,28,30)/t17-/m0/s1. The van der Waals surface area contributed by atoms with E-state index in [1.807, 2.05) is 54.6 Å². The smallest absolute Gasteiger partial charge is 0.263 e. The van der Waals surface area contributed by atoms with Crippen LogP contribution in [0, 0.1) is 0 Å². The third-order valence-corrected chi connectivity index (χ3v) is 5.73. The van der Waals surface area contributed by atoms with Crippen LogP contribution >= 0.6 is 11.6 Å². The highest BCUT2D eigenvalue weighted by atomic mass is 35.5. The minimum absolute atomic E-state index is 0.0914. The van der Waals surface area contributed by atoms with Gasteiger partial charge in [-0.2, -0.15) is 0 Å². The quantitative estimate of drug-likeness (QED) is 0.566. The van der Waals surface area contributed by atoms with Gasteiger partial charge in [-0.3, -0.25) is 9.59 Å². The summed E-state index contributed by atoms with van der Waals surface area (Å²) in [7, 11) is 1.61. The highest BCUT2D eigenvalue weighted by molar-refractivity contribution is 6.30. The van der Waals surface area contributed by atoms with Crippen molar-refractivity contribution in [3.63, 3.8) is 0 Å². The first-order valence-corrected chi connectivity index (χ1v) is 11.0. The average Bonchev–Trinajstić information content (AvgIpc) is 2.92. The van der Waals surface area contributed by atoms with E-state index >= 15 is 0 Å². The van der Waals surface area contributed by atoms with Crippen LogP contribution in [0.15, 0.2) is 66.7 Å². The molecule has 33 heavy (non-hydrogen) atoms. The number of ether oxygens (including phenoxy) is 2. The van der Waals surface area contributed by atoms with Crippen LogP contribution in [0.5, 0.6) is 11.5 Å². The number of carbonyl (C=O) groups is 2. The Morgan fingerprint density at radius 1 is 1.09 bits per heavy atom. The zero-order valence-electron chi connectivity index (χ0n) is 18.5. The fraction of sp³-hybridized carbons (Fsp3) is 0.231. The van der Waals surface area contributed by atoms with Crippen LogP contribution in [0.2, 0.25) is 5.02 Å². The monoisotopic (exact) mass is 464 g/mol. The summed E-state index contributed by atoms with van der Waals surface area (Å²) in [6, 6.07) is 20.3. The van der Waals surface area contributed by atoms with Gasteiger partial charge in [-0.15, -0.1) is 0 Å². The van der Waals surface area contributed by atoms with Crippen LogP contribution in [-0.4, -0.2) is 29.9 Å². The number of hydrogen-bond acceptors (Lipinski definition) is 4. The maximum absolute atomic E-state index is 12.9. The predicted octanol–water partition coefficient (Wildman–Crippen LogP) is 4.84. The maximum Gasteiger partial charge on any atom is 0.263 e. The Hall–Kier alpha value is -3.51. The molecule has 3 aromatic carbocycles. The largest absolute Gasteiger partial charge is 0.497 e. The summed E-state index contributed by atoms with van der Waals surface area (Å²) in [5.74, 6) is 1.17. The van der Waals surface area contributed by atoms with Crippen molar-refractivity contribution in [2.75, 3.05) is 12.4 Å². The van der Waals surface area contributed by atoms with Gasteiger partial charge >= 0.3 is 0 Å². The van der Waals surface area contributed by atoms with Gasteiger partial charge in [0.1, 0.15) is 11.5 Å². The Labute approximate surface area is 198 Å². The van der Waals surface area contributed by atoms with Crippen LogP contribution in [0.1, 0.15) is 23.6 Å². The lowest BCUT2D eigenvalue weighted by Gasteiger charge is -2.22. The van der Waals surface area contributed by atoms with Crippen molar-refractivity contribution in [1.82, 2.24) is 4.90 Å². The van der Waals surface area contributed by atoms with E-state index < -0.39 is 6.10 Å². The molecule has 6 nitrogen and oxygen atoms in total. The summed E-state index contributed by atoms with van der Waals surface area (Å²) in [6.07, 6.45) is -0.357. The lowest BCUT2D eigenvalue weighted by molar-refractivity contribution is -0.138. The third-order valence-electron chi connectivity index (χ3n) is 5.48. The van der Waals surface area contributed by atoms with Crippen LogP contribution in [0.4, 0.5) is 5.69 Å². The molecule has 4 rings (SSSR count). The number of hydrogen-bond donors (Lipinski definition) is 1. The van der Waals surface area contributed by atoms with E-state index in [1.165, 1.54) is 0 Å². The molecule has 0 aromatic heterocycles. The highest BCUT2D eigenvalue weighted by Crippen LogP contribution is 2.29. The Morgan fingerprint density at radius 3 is 2.48 bits per heavy atom. The summed E-state index contributed by atoms with van der Waals surface area (Å²) in [5.41, 5.74) is 3.36. The zero-order valence-corrected chi connectivity index (χ0v) is 19.3. The molecule has 3 aromatic rings. The molecule has 0 bridgehead atoms. The zero-order chi connectivity index (χ0) is 23.4. The minimum Gasteiger partial charge on any atom is -0.497 e. The second-order valence-electron chi connectivity index (χ2n) is 7.98. The number of fused-ring (bicyclic) bond motifs is 1. The molecule has 0 spiro atoms. The molecule has 0 unspecified atom stereocenters. The lowest BCUT2D eigenvalue weighted by atomic mass is 10.1.